The highest BCUT2D eigenvalue weighted by Crippen LogP contribution is 2.34. The van der Waals surface area contributed by atoms with E-state index in [9.17, 15) is 4.79 Å². The lowest BCUT2D eigenvalue weighted by molar-refractivity contribution is -0.153. The van der Waals surface area contributed by atoms with E-state index in [1.54, 1.807) is 24.4 Å². The predicted molar refractivity (Wildman–Crippen MR) is 74.8 cm³/mol. The fraction of sp³-hybridized carbons (Fsp3) is 0.600. The molecular formula is C15H20N2O4. The van der Waals surface area contributed by atoms with Gasteiger partial charge in [-0.1, -0.05) is 6.07 Å². The molecule has 1 aromatic rings. The molecule has 21 heavy (non-hydrogen) atoms. The molecule has 2 aliphatic rings. The van der Waals surface area contributed by atoms with E-state index in [0.717, 1.165) is 6.42 Å². The standard InChI is InChI=1S/C15H20N2O4/c1-15(2)20-11-6-8-19-12(13(11)21-15)9-17-14(18)10-5-3-4-7-16-10/h3-5,7,11-13H,6,8-9H2,1-2H3,(H,17,18). The van der Waals surface area contributed by atoms with E-state index in [2.05, 4.69) is 10.3 Å². The maximum Gasteiger partial charge on any atom is 0.269 e. The Morgan fingerprint density at radius 2 is 2.29 bits per heavy atom. The van der Waals surface area contributed by atoms with Gasteiger partial charge in [-0.3, -0.25) is 9.78 Å². The van der Waals surface area contributed by atoms with Crippen LogP contribution >= 0.6 is 0 Å². The van der Waals surface area contributed by atoms with Crippen LogP contribution in [0, 0.1) is 0 Å². The zero-order valence-corrected chi connectivity index (χ0v) is 12.2. The molecular weight excluding hydrogens is 272 g/mol. The molecule has 3 heterocycles. The van der Waals surface area contributed by atoms with Crippen LogP contribution < -0.4 is 5.32 Å². The Labute approximate surface area is 123 Å². The van der Waals surface area contributed by atoms with Gasteiger partial charge in [0, 0.05) is 19.3 Å². The summed E-state index contributed by atoms with van der Waals surface area (Å²) in [5.41, 5.74) is 0.397. The van der Waals surface area contributed by atoms with E-state index in [-0.39, 0.29) is 24.2 Å². The van der Waals surface area contributed by atoms with Crippen LogP contribution in [0.15, 0.2) is 24.4 Å². The monoisotopic (exact) mass is 292 g/mol. The van der Waals surface area contributed by atoms with E-state index in [1.165, 1.54) is 0 Å². The van der Waals surface area contributed by atoms with Crippen molar-refractivity contribution in [2.75, 3.05) is 13.2 Å². The van der Waals surface area contributed by atoms with Gasteiger partial charge in [0.05, 0.1) is 6.10 Å². The third kappa shape index (κ3) is 3.23. The molecule has 0 radical (unpaired) electrons. The summed E-state index contributed by atoms with van der Waals surface area (Å²) in [5.74, 6) is -0.800. The summed E-state index contributed by atoms with van der Waals surface area (Å²) in [6.45, 7) is 4.80. The van der Waals surface area contributed by atoms with Crippen molar-refractivity contribution in [2.45, 2.75) is 44.4 Å². The Hall–Kier alpha value is -1.50. The highest BCUT2D eigenvalue weighted by Gasteiger charge is 2.47. The Bertz CT molecular complexity index is 506. The van der Waals surface area contributed by atoms with Crippen molar-refractivity contribution in [1.82, 2.24) is 10.3 Å². The number of fused-ring (bicyclic) bond motifs is 1. The van der Waals surface area contributed by atoms with Crippen molar-refractivity contribution in [3.8, 4) is 0 Å². The molecule has 0 bridgehead atoms. The van der Waals surface area contributed by atoms with Gasteiger partial charge in [0.15, 0.2) is 5.79 Å². The summed E-state index contributed by atoms with van der Waals surface area (Å²) in [4.78, 5) is 16.0. The average molecular weight is 292 g/mol. The van der Waals surface area contributed by atoms with Gasteiger partial charge < -0.3 is 19.5 Å². The molecule has 2 saturated heterocycles. The van der Waals surface area contributed by atoms with Crippen LogP contribution in [0.3, 0.4) is 0 Å². The molecule has 6 nitrogen and oxygen atoms in total. The Morgan fingerprint density at radius 3 is 3.05 bits per heavy atom. The van der Waals surface area contributed by atoms with Crippen LogP contribution in [0.1, 0.15) is 30.8 Å². The van der Waals surface area contributed by atoms with Gasteiger partial charge in [-0.05, 0) is 32.4 Å². The zero-order valence-electron chi connectivity index (χ0n) is 12.2. The SMILES string of the molecule is CC1(C)OC2CCOC(CNC(=O)c3ccccn3)C2O1. The first-order valence-electron chi connectivity index (χ1n) is 7.22. The minimum atomic E-state index is -0.591. The quantitative estimate of drug-likeness (QED) is 0.904. The molecule has 0 aromatic carbocycles. The Kier molecular flexibility index (Phi) is 3.93. The predicted octanol–water partition coefficient (Wildman–Crippen LogP) is 1.12. The Morgan fingerprint density at radius 1 is 1.43 bits per heavy atom. The van der Waals surface area contributed by atoms with Crippen molar-refractivity contribution >= 4 is 5.91 Å². The van der Waals surface area contributed by atoms with E-state index in [0.29, 0.717) is 18.8 Å². The van der Waals surface area contributed by atoms with Gasteiger partial charge in [0.1, 0.15) is 17.9 Å². The highest BCUT2D eigenvalue weighted by molar-refractivity contribution is 5.92. The third-order valence-electron chi connectivity index (χ3n) is 3.68. The smallest absolute Gasteiger partial charge is 0.269 e. The van der Waals surface area contributed by atoms with E-state index < -0.39 is 5.79 Å². The summed E-state index contributed by atoms with van der Waals surface area (Å²) in [6.07, 6.45) is 2.11. The lowest BCUT2D eigenvalue weighted by Gasteiger charge is -2.31. The molecule has 3 unspecified atom stereocenters. The van der Waals surface area contributed by atoms with Gasteiger partial charge >= 0.3 is 0 Å². The number of nitrogens with zero attached hydrogens (tertiary/aromatic N) is 1. The molecule has 6 heteroatoms. The number of ether oxygens (including phenoxy) is 3. The van der Waals surface area contributed by atoms with E-state index in [1.807, 2.05) is 13.8 Å². The summed E-state index contributed by atoms with van der Waals surface area (Å²) in [7, 11) is 0. The second kappa shape index (κ2) is 5.71. The second-order valence-electron chi connectivity index (χ2n) is 5.76. The van der Waals surface area contributed by atoms with Crippen molar-refractivity contribution in [3.05, 3.63) is 30.1 Å². The van der Waals surface area contributed by atoms with Gasteiger partial charge in [0.2, 0.25) is 0 Å². The molecule has 1 aromatic heterocycles. The van der Waals surface area contributed by atoms with Crippen molar-refractivity contribution in [2.24, 2.45) is 0 Å². The summed E-state index contributed by atoms with van der Waals surface area (Å²) >= 11 is 0. The van der Waals surface area contributed by atoms with Crippen LogP contribution in [-0.2, 0) is 14.2 Å². The number of hydrogen-bond donors (Lipinski definition) is 1. The molecule has 0 aliphatic carbocycles. The van der Waals surface area contributed by atoms with Gasteiger partial charge in [0.25, 0.3) is 5.91 Å². The molecule has 2 fully saturated rings. The molecule has 3 atom stereocenters. The number of carbonyl (C=O) groups is 1. The molecule has 0 spiro atoms. The van der Waals surface area contributed by atoms with E-state index >= 15 is 0 Å². The fourth-order valence-electron chi connectivity index (χ4n) is 2.79. The topological polar surface area (TPSA) is 69.7 Å². The van der Waals surface area contributed by atoms with Crippen LogP contribution in [0.2, 0.25) is 0 Å². The lowest BCUT2D eigenvalue weighted by Crippen LogP contribution is -2.48. The van der Waals surface area contributed by atoms with Gasteiger partial charge in [-0.15, -0.1) is 0 Å². The number of hydrogen-bond acceptors (Lipinski definition) is 5. The summed E-state index contributed by atoms with van der Waals surface area (Å²) < 4.78 is 17.5. The average Bonchev–Trinajstić information content (AvgIpc) is 2.80. The maximum atomic E-state index is 12.0. The van der Waals surface area contributed by atoms with Crippen LogP contribution in [0.4, 0.5) is 0 Å². The number of carbonyl (C=O) groups excluding carboxylic acids is 1. The van der Waals surface area contributed by atoms with Crippen LogP contribution in [0.5, 0.6) is 0 Å². The largest absolute Gasteiger partial charge is 0.373 e. The normalized spacial score (nSPS) is 30.7. The van der Waals surface area contributed by atoms with Crippen LogP contribution in [0.25, 0.3) is 0 Å². The molecule has 1 amide bonds. The second-order valence-corrected chi connectivity index (χ2v) is 5.76. The highest BCUT2D eigenvalue weighted by atomic mass is 16.8. The zero-order chi connectivity index (χ0) is 14.9. The molecule has 1 N–H and O–H groups in total. The number of nitrogens with one attached hydrogen (secondary N) is 1. The minimum Gasteiger partial charge on any atom is -0.373 e. The third-order valence-corrected chi connectivity index (χ3v) is 3.68. The molecule has 2 aliphatic heterocycles. The molecule has 3 rings (SSSR count). The fourth-order valence-corrected chi connectivity index (χ4v) is 2.79. The van der Waals surface area contributed by atoms with Gasteiger partial charge in [-0.25, -0.2) is 0 Å². The minimum absolute atomic E-state index is 0.0329. The first-order chi connectivity index (χ1) is 10.1. The summed E-state index contributed by atoms with van der Waals surface area (Å²) in [5, 5.41) is 2.85. The van der Waals surface area contributed by atoms with Crippen molar-refractivity contribution < 1.29 is 19.0 Å². The van der Waals surface area contributed by atoms with Crippen LogP contribution in [-0.4, -0.2) is 48.1 Å². The number of aromatic nitrogens is 1. The first-order valence-corrected chi connectivity index (χ1v) is 7.22. The Balaban J connectivity index is 1.59. The lowest BCUT2D eigenvalue weighted by atomic mass is 10.0. The maximum absolute atomic E-state index is 12.0. The molecule has 0 saturated carbocycles. The summed E-state index contributed by atoms with van der Waals surface area (Å²) in [6, 6.07) is 5.24. The van der Waals surface area contributed by atoms with Crippen molar-refractivity contribution in [1.29, 1.82) is 0 Å². The number of pyridine rings is 1. The number of amides is 1. The van der Waals surface area contributed by atoms with E-state index in [4.69, 9.17) is 14.2 Å². The van der Waals surface area contributed by atoms with Gasteiger partial charge in [-0.2, -0.15) is 0 Å². The molecule has 114 valence electrons. The first kappa shape index (κ1) is 14.4. The van der Waals surface area contributed by atoms with Crippen molar-refractivity contribution in [3.63, 3.8) is 0 Å². The number of rotatable bonds is 3.